The van der Waals surface area contributed by atoms with Gasteiger partial charge >= 0.3 is 0 Å². The molecule has 0 spiro atoms. The molecule has 1 amide bonds. The van der Waals surface area contributed by atoms with Gasteiger partial charge in [-0.2, -0.15) is 0 Å². The van der Waals surface area contributed by atoms with Crippen LogP contribution in [0.15, 0.2) is 48.5 Å². The van der Waals surface area contributed by atoms with Crippen molar-refractivity contribution in [2.24, 2.45) is 5.41 Å². The van der Waals surface area contributed by atoms with Crippen molar-refractivity contribution in [3.63, 3.8) is 0 Å². The molecule has 0 aromatic heterocycles. The van der Waals surface area contributed by atoms with Crippen LogP contribution in [0.1, 0.15) is 69.5 Å². The maximum absolute atomic E-state index is 14.0. The largest absolute Gasteiger partial charge is 0.394 e. The highest BCUT2D eigenvalue weighted by molar-refractivity contribution is 6.30. The highest BCUT2D eigenvalue weighted by Crippen LogP contribution is 2.52. The zero-order valence-corrected chi connectivity index (χ0v) is 20.5. The summed E-state index contributed by atoms with van der Waals surface area (Å²) < 4.78 is 0. The molecule has 1 aliphatic heterocycles. The van der Waals surface area contributed by atoms with Crippen molar-refractivity contribution in [3.05, 3.63) is 69.7 Å². The monoisotopic (exact) mass is 477 g/mol. The van der Waals surface area contributed by atoms with E-state index in [9.17, 15) is 15.0 Å². The molecule has 1 aliphatic rings. The van der Waals surface area contributed by atoms with E-state index in [0.29, 0.717) is 16.5 Å². The van der Waals surface area contributed by atoms with Gasteiger partial charge in [0.05, 0.1) is 18.8 Å². The minimum Gasteiger partial charge on any atom is -0.394 e. The fraction of sp³-hybridized carbons (Fsp3) is 0.500. The molecule has 2 aromatic rings. The van der Waals surface area contributed by atoms with Crippen molar-refractivity contribution in [1.82, 2.24) is 4.90 Å². The van der Waals surface area contributed by atoms with Crippen LogP contribution in [0, 0.1) is 5.41 Å². The molecule has 1 heterocycles. The number of carbonyl (C=O) groups is 1. The highest BCUT2D eigenvalue weighted by Gasteiger charge is 2.51. The second-order valence-electron chi connectivity index (χ2n) is 9.15. The first-order chi connectivity index (χ1) is 15.2. The van der Waals surface area contributed by atoms with Crippen LogP contribution in [0.4, 0.5) is 0 Å². The predicted molar refractivity (Wildman–Crippen MR) is 130 cm³/mol. The molecule has 3 rings (SSSR count). The lowest BCUT2D eigenvalue weighted by Crippen LogP contribution is -2.56. The molecule has 174 valence electrons. The average Bonchev–Trinajstić information content (AvgIpc) is 2.78. The van der Waals surface area contributed by atoms with Crippen molar-refractivity contribution in [2.75, 3.05) is 6.61 Å². The molecule has 0 aliphatic carbocycles. The van der Waals surface area contributed by atoms with E-state index in [-0.39, 0.29) is 36.9 Å². The van der Waals surface area contributed by atoms with E-state index in [1.807, 2.05) is 54.3 Å². The average molecular weight is 478 g/mol. The Morgan fingerprint density at radius 2 is 1.72 bits per heavy atom. The third-order valence-electron chi connectivity index (χ3n) is 6.82. The summed E-state index contributed by atoms with van der Waals surface area (Å²) in [6.45, 7) is 5.75. The number of halogens is 2. The Morgan fingerprint density at radius 1 is 1.06 bits per heavy atom. The van der Waals surface area contributed by atoms with Gasteiger partial charge in [-0.3, -0.25) is 4.79 Å². The fourth-order valence-electron chi connectivity index (χ4n) is 5.24. The van der Waals surface area contributed by atoms with Crippen LogP contribution in [-0.2, 0) is 4.79 Å². The van der Waals surface area contributed by atoms with E-state index in [1.165, 1.54) is 0 Å². The number of hydrogen-bond donors (Lipinski definition) is 2. The van der Waals surface area contributed by atoms with E-state index in [2.05, 4.69) is 19.9 Å². The molecular weight excluding hydrogens is 445 g/mol. The molecule has 1 fully saturated rings. The molecule has 4 nitrogen and oxygen atoms in total. The Hall–Kier alpha value is -1.59. The summed E-state index contributed by atoms with van der Waals surface area (Å²) in [4.78, 5) is 16.1. The number of likely N-dealkylation sites (tertiary alicyclic amines) is 1. The maximum atomic E-state index is 14.0. The van der Waals surface area contributed by atoms with Crippen LogP contribution in [0.2, 0.25) is 10.0 Å². The van der Waals surface area contributed by atoms with Gasteiger partial charge in [-0.1, -0.05) is 68.2 Å². The summed E-state index contributed by atoms with van der Waals surface area (Å²) in [5.74, 6) is 0.000923. The third kappa shape index (κ3) is 5.14. The Balaban J connectivity index is 2.20. The molecule has 6 heteroatoms. The van der Waals surface area contributed by atoms with Crippen molar-refractivity contribution in [3.8, 4) is 0 Å². The van der Waals surface area contributed by atoms with Gasteiger partial charge in [0.2, 0.25) is 5.91 Å². The summed E-state index contributed by atoms with van der Waals surface area (Å²) >= 11 is 12.5. The lowest BCUT2D eigenvalue weighted by atomic mass is 9.66. The number of piperidine rings is 1. The number of nitrogens with zero attached hydrogens (tertiary/aromatic N) is 1. The summed E-state index contributed by atoms with van der Waals surface area (Å²) in [7, 11) is 0. The molecule has 1 saturated heterocycles. The smallest absolute Gasteiger partial charge is 0.229 e. The Labute approximate surface area is 201 Å². The SMILES string of the molecule is CCC(CC)N1C(=O)[C@@](C)(CC(O)CO)C[C@H](c2cccc(Cl)c2)[C@H]1c1ccc(Cl)cc1. The normalized spacial score (nSPS) is 24.8. The van der Waals surface area contributed by atoms with E-state index >= 15 is 0 Å². The van der Waals surface area contributed by atoms with Gasteiger partial charge in [-0.15, -0.1) is 0 Å². The minimum atomic E-state index is -0.945. The van der Waals surface area contributed by atoms with Gasteiger partial charge in [0.1, 0.15) is 0 Å². The fourth-order valence-corrected chi connectivity index (χ4v) is 5.56. The van der Waals surface area contributed by atoms with Gasteiger partial charge < -0.3 is 15.1 Å². The first-order valence-electron chi connectivity index (χ1n) is 11.4. The number of aliphatic hydroxyl groups excluding tert-OH is 2. The number of rotatable bonds is 8. The van der Waals surface area contributed by atoms with E-state index < -0.39 is 11.5 Å². The summed E-state index contributed by atoms with van der Waals surface area (Å²) in [5, 5.41) is 21.1. The second-order valence-corrected chi connectivity index (χ2v) is 10.0. The van der Waals surface area contributed by atoms with Crippen LogP contribution in [0.3, 0.4) is 0 Å². The lowest BCUT2D eigenvalue weighted by Gasteiger charge is -2.52. The summed E-state index contributed by atoms with van der Waals surface area (Å²) in [6.07, 6.45) is 1.47. The van der Waals surface area contributed by atoms with Crippen molar-refractivity contribution in [2.45, 2.75) is 70.6 Å². The van der Waals surface area contributed by atoms with Crippen LogP contribution in [0.25, 0.3) is 0 Å². The van der Waals surface area contributed by atoms with Crippen LogP contribution < -0.4 is 0 Å². The number of hydrogen-bond acceptors (Lipinski definition) is 3. The van der Waals surface area contributed by atoms with Gasteiger partial charge in [-0.05, 0) is 61.1 Å². The van der Waals surface area contributed by atoms with Crippen LogP contribution >= 0.6 is 23.2 Å². The van der Waals surface area contributed by atoms with Crippen molar-refractivity contribution in [1.29, 1.82) is 0 Å². The molecule has 0 bridgehead atoms. The quantitative estimate of drug-likeness (QED) is 0.490. The number of amides is 1. The number of carbonyl (C=O) groups excluding carboxylic acids is 1. The lowest BCUT2D eigenvalue weighted by molar-refractivity contribution is -0.157. The molecule has 4 atom stereocenters. The Kier molecular flexibility index (Phi) is 8.26. The van der Waals surface area contributed by atoms with E-state index in [1.54, 1.807) is 0 Å². The van der Waals surface area contributed by atoms with Gasteiger partial charge in [0.25, 0.3) is 0 Å². The molecule has 1 unspecified atom stereocenters. The molecule has 32 heavy (non-hydrogen) atoms. The Bertz CT molecular complexity index is 916. The standard InChI is InChI=1S/C26H33Cl2NO3/c1-4-21(5-2)29-24(17-9-11-19(27)12-10-17)23(18-7-6-8-20(28)13-18)15-26(3,25(29)32)14-22(31)16-30/h6-13,21-24,30-31H,4-5,14-16H2,1-3H3/t22?,23-,24-,26+/m1/s1. The predicted octanol–water partition coefficient (Wildman–Crippen LogP) is 5.99. The summed E-state index contributed by atoms with van der Waals surface area (Å²) in [5.41, 5.74) is 1.29. The van der Waals surface area contributed by atoms with Crippen LogP contribution in [0.5, 0.6) is 0 Å². The molecular formula is C26H33Cl2NO3. The third-order valence-corrected chi connectivity index (χ3v) is 7.31. The summed E-state index contributed by atoms with van der Waals surface area (Å²) in [6, 6.07) is 15.4. The van der Waals surface area contributed by atoms with E-state index in [0.717, 1.165) is 24.0 Å². The van der Waals surface area contributed by atoms with Gasteiger partial charge in [0.15, 0.2) is 0 Å². The minimum absolute atomic E-state index is 0.0240. The number of aliphatic hydroxyl groups is 2. The zero-order chi connectivity index (χ0) is 23.5. The number of benzene rings is 2. The maximum Gasteiger partial charge on any atom is 0.229 e. The first-order valence-corrected chi connectivity index (χ1v) is 12.1. The zero-order valence-electron chi connectivity index (χ0n) is 19.0. The van der Waals surface area contributed by atoms with Crippen molar-refractivity contribution < 1.29 is 15.0 Å². The first kappa shape index (κ1) is 25.0. The van der Waals surface area contributed by atoms with Gasteiger partial charge in [0, 0.05) is 27.4 Å². The molecule has 2 aromatic carbocycles. The van der Waals surface area contributed by atoms with E-state index in [4.69, 9.17) is 23.2 Å². The Morgan fingerprint density at radius 3 is 2.28 bits per heavy atom. The topological polar surface area (TPSA) is 60.8 Å². The van der Waals surface area contributed by atoms with Gasteiger partial charge in [-0.25, -0.2) is 0 Å². The van der Waals surface area contributed by atoms with Crippen molar-refractivity contribution >= 4 is 29.1 Å². The second kappa shape index (κ2) is 10.6. The molecule has 2 N–H and O–H groups in total. The highest BCUT2D eigenvalue weighted by atomic mass is 35.5. The van der Waals surface area contributed by atoms with Crippen LogP contribution in [-0.4, -0.2) is 39.8 Å². The molecule has 0 saturated carbocycles. The molecule has 0 radical (unpaired) electrons.